The minimum absolute atomic E-state index is 0.153. The third-order valence-electron chi connectivity index (χ3n) is 3.83. The lowest BCUT2D eigenvalue weighted by molar-refractivity contribution is -0.898. The van der Waals surface area contributed by atoms with Crippen molar-refractivity contribution in [2.24, 2.45) is 5.92 Å². The van der Waals surface area contributed by atoms with Crippen LogP contribution in [0, 0.1) is 5.92 Å². The van der Waals surface area contributed by atoms with Gasteiger partial charge in [-0.25, -0.2) is 0 Å². The minimum atomic E-state index is -0.321. The third-order valence-corrected chi connectivity index (χ3v) is 4.52. The minimum Gasteiger partial charge on any atom is -0.327 e. The smallest absolute Gasteiger partial charge is 0.293 e. The lowest BCUT2D eigenvalue weighted by atomic mass is 9.99. The maximum Gasteiger partial charge on any atom is 0.293 e. The number of quaternary nitrogens is 1. The number of hydrogen-bond acceptors (Lipinski definition) is 2. The fraction of sp³-hybridized carbons (Fsp3) is 0.467. The number of carbonyl (C=O) groups is 2. The second kappa shape index (κ2) is 7.56. The summed E-state index contributed by atoms with van der Waals surface area (Å²) in [4.78, 5) is 25.1. The molecule has 6 heteroatoms. The molecule has 2 rings (SSSR count). The molecule has 0 bridgehead atoms. The number of hydrazine groups is 1. The van der Waals surface area contributed by atoms with E-state index in [0.717, 1.165) is 31.8 Å². The molecule has 0 saturated carbocycles. The highest BCUT2D eigenvalue weighted by Crippen LogP contribution is 2.15. The molecule has 0 aromatic heterocycles. The van der Waals surface area contributed by atoms with Crippen LogP contribution in [0.3, 0.4) is 0 Å². The van der Waals surface area contributed by atoms with Gasteiger partial charge >= 0.3 is 0 Å². The van der Waals surface area contributed by atoms with E-state index in [0.29, 0.717) is 16.6 Å². The van der Waals surface area contributed by atoms with Gasteiger partial charge in [-0.1, -0.05) is 19.1 Å². The van der Waals surface area contributed by atoms with Crippen molar-refractivity contribution in [3.05, 3.63) is 34.3 Å². The second-order valence-electron chi connectivity index (χ2n) is 5.59. The van der Waals surface area contributed by atoms with Crippen molar-refractivity contribution in [2.45, 2.75) is 19.8 Å². The molecule has 0 unspecified atom stereocenters. The number of likely N-dealkylation sites (tertiary alicyclic amines) is 1. The van der Waals surface area contributed by atoms with Crippen LogP contribution >= 0.6 is 15.9 Å². The zero-order valence-electron chi connectivity index (χ0n) is 12.1. The summed E-state index contributed by atoms with van der Waals surface area (Å²) >= 11 is 3.31. The van der Waals surface area contributed by atoms with Crippen LogP contribution in [0.4, 0.5) is 0 Å². The Labute approximate surface area is 133 Å². The molecular weight excluding hydrogens is 334 g/mol. The lowest BCUT2D eigenvalue weighted by Crippen LogP contribution is -3.14. The first kappa shape index (κ1) is 16.0. The number of nitrogens with one attached hydrogen (secondary N) is 3. The van der Waals surface area contributed by atoms with Gasteiger partial charge in [0.1, 0.15) is 0 Å². The quantitative estimate of drug-likeness (QED) is 0.693. The maximum atomic E-state index is 11.9. The van der Waals surface area contributed by atoms with E-state index in [4.69, 9.17) is 0 Å². The average Bonchev–Trinajstić information content (AvgIpc) is 2.48. The standard InChI is InChI=1S/C15H20BrN3O2/c1-11-6-8-19(9-7-11)10-14(20)17-18-15(21)12-4-2-3-5-13(12)16/h2-5,11H,6-10H2,1H3,(H,17,20)(H,18,21)/p+1. The van der Waals surface area contributed by atoms with Gasteiger partial charge in [0.15, 0.2) is 6.54 Å². The van der Waals surface area contributed by atoms with Crippen molar-refractivity contribution in [3.63, 3.8) is 0 Å². The molecule has 1 aromatic rings. The fourth-order valence-corrected chi connectivity index (χ4v) is 2.92. The number of rotatable bonds is 3. The van der Waals surface area contributed by atoms with Gasteiger partial charge in [0.25, 0.3) is 11.8 Å². The summed E-state index contributed by atoms with van der Waals surface area (Å²) in [6.45, 7) is 4.69. The first-order chi connectivity index (χ1) is 10.1. The molecule has 114 valence electrons. The summed E-state index contributed by atoms with van der Waals surface area (Å²) < 4.78 is 0.701. The summed E-state index contributed by atoms with van der Waals surface area (Å²) in [7, 11) is 0. The lowest BCUT2D eigenvalue weighted by Gasteiger charge is -2.26. The number of amides is 2. The van der Waals surface area contributed by atoms with Gasteiger partial charge in [0.2, 0.25) is 0 Å². The summed E-state index contributed by atoms with van der Waals surface area (Å²) in [5.74, 6) is 0.282. The van der Waals surface area contributed by atoms with Crippen LogP contribution in [0.15, 0.2) is 28.7 Å². The normalized spacial score (nSPS) is 21.6. The zero-order chi connectivity index (χ0) is 15.2. The largest absolute Gasteiger partial charge is 0.327 e. The zero-order valence-corrected chi connectivity index (χ0v) is 13.7. The van der Waals surface area contributed by atoms with Gasteiger partial charge < -0.3 is 4.90 Å². The predicted molar refractivity (Wildman–Crippen MR) is 83.7 cm³/mol. The Morgan fingerprint density at radius 3 is 2.57 bits per heavy atom. The highest BCUT2D eigenvalue weighted by Gasteiger charge is 2.21. The summed E-state index contributed by atoms with van der Waals surface area (Å²) in [5.41, 5.74) is 5.44. The molecule has 1 fully saturated rings. The van der Waals surface area contributed by atoms with Crippen molar-refractivity contribution >= 4 is 27.7 Å². The third kappa shape index (κ3) is 4.82. The Hall–Kier alpha value is -1.40. The molecule has 1 heterocycles. The van der Waals surface area contributed by atoms with Crippen LogP contribution in [-0.2, 0) is 4.79 Å². The van der Waals surface area contributed by atoms with Gasteiger partial charge in [0, 0.05) is 4.47 Å². The van der Waals surface area contributed by atoms with E-state index >= 15 is 0 Å². The van der Waals surface area contributed by atoms with E-state index < -0.39 is 0 Å². The number of piperidine rings is 1. The SMILES string of the molecule is CC1CC[NH+](CC(=O)NNC(=O)c2ccccc2Br)CC1. The number of carbonyl (C=O) groups excluding carboxylic acids is 2. The molecule has 0 aliphatic carbocycles. The highest BCUT2D eigenvalue weighted by atomic mass is 79.9. The summed E-state index contributed by atoms with van der Waals surface area (Å²) in [6, 6.07) is 7.10. The van der Waals surface area contributed by atoms with Crippen molar-refractivity contribution < 1.29 is 14.5 Å². The van der Waals surface area contributed by atoms with E-state index in [1.165, 1.54) is 4.90 Å². The van der Waals surface area contributed by atoms with E-state index in [1.807, 2.05) is 6.07 Å². The molecular formula is C15H21BrN3O2+. The van der Waals surface area contributed by atoms with Crippen molar-refractivity contribution in [1.29, 1.82) is 0 Å². The maximum absolute atomic E-state index is 11.9. The molecule has 1 aliphatic heterocycles. The Morgan fingerprint density at radius 2 is 1.90 bits per heavy atom. The molecule has 1 aromatic carbocycles. The summed E-state index contributed by atoms with van der Waals surface area (Å²) in [6.07, 6.45) is 2.32. The van der Waals surface area contributed by atoms with Gasteiger partial charge in [-0.15, -0.1) is 0 Å². The topological polar surface area (TPSA) is 62.6 Å². The molecule has 21 heavy (non-hydrogen) atoms. The van der Waals surface area contributed by atoms with Crippen LogP contribution < -0.4 is 15.8 Å². The van der Waals surface area contributed by atoms with E-state index in [9.17, 15) is 9.59 Å². The first-order valence-electron chi connectivity index (χ1n) is 7.23. The highest BCUT2D eigenvalue weighted by molar-refractivity contribution is 9.10. The Kier molecular flexibility index (Phi) is 5.76. The van der Waals surface area contributed by atoms with E-state index in [-0.39, 0.29) is 11.8 Å². The molecule has 3 N–H and O–H groups in total. The predicted octanol–water partition coefficient (Wildman–Crippen LogP) is 0.525. The van der Waals surface area contributed by atoms with E-state index in [1.54, 1.807) is 18.2 Å². The van der Waals surface area contributed by atoms with E-state index in [2.05, 4.69) is 33.7 Å². The van der Waals surface area contributed by atoms with Gasteiger partial charge in [-0.3, -0.25) is 20.4 Å². The Balaban J connectivity index is 1.76. The molecule has 5 nitrogen and oxygen atoms in total. The number of benzene rings is 1. The Bertz CT molecular complexity index is 513. The molecule has 1 aliphatic rings. The molecule has 0 spiro atoms. The van der Waals surface area contributed by atoms with Crippen LogP contribution in [-0.4, -0.2) is 31.4 Å². The van der Waals surface area contributed by atoms with Crippen LogP contribution in [0.5, 0.6) is 0 Å². The van der Waals surface area contributed by atoms with Crippen molar-refractivity contribution in [2.75, 3.05) is 19.6 Å². The molecule has 1 saturated heterocycles. The Morgan fingerprint density at radius 1 is 1.24 bits per heavy atom. The first-order valence-corrected chi connectivity index (χ1v) is 8.03. The molecule has 0 radical (unpaired) electrons. The fourth-order valence-electron chi connectivity index (χ4n) is 2.46. The second-order valence-corrected chi connectivity index (χ2v) is 6.45. The van der Waals surface area contributed by atoms with Gasteiger partial charge in [-0.05, 0) is 46.8 Å². The van der Waals surface area contributed by atoms with Crippen molar-refractivity contribution in [1.82, 2.24) is 10.9 Å². The number of halogens is 1. The number of hydrogen-bond donors (Lipinski definition) is 3. The van der Waals surface area contributed by atoms with Crippen LogP contribution in [0.25, 0.3) is 0 Å². The monoisotopic (exact) mass is 354 g/mol. The molecule has 2 amide bonds. The average molecular weight is 355 g/mol. The van der Waals surface area contributed by atoms with Gasteiger partial charge in [0.05, 0.1) is 18.7 Å². The van der Waals surface area contributed by atoms with Crippen molar-refractivity contribution in [3.8, 4) is 0 Å². The summed E-state index contributed by atoms with van der Waals surface area (Å²) in [5, 5.41) is 0. The van der Waals surface area contributed by atoms with Gasteiger partial charge in [-0.2, -0.15) is 0 Å². The van der Waals surface area contributed by atoms with Crippen LogP contribution in [0.2, 0.25) is 0 Å². The van der Waals surface area contributed by atoms with Crippen LogP contribution in [0.1, 0.15) is 30.1 Å². The molecule has 0 atom stereocenters.